The van der Waals surface area contributed by atoms with Crippen molar-refractivity contribution in [1.29, 1.82) is 0 Å². The molecule has 0 heterocycles. The summed E-state index contributed by atoms with van der Waals surface area (Å²) in [4.78, 5) is 10.6. The first kappa shape index (κ1) is 13.4. The summed E-state index contributed by atoms with van der Waals surface area (Å²) in [5.74, 6) is 1.40. The monoisotopic (exact) mass is 276 g/mol. The Morgan fingerprint density at radius 2 is 1.63 bits per heavy atom. The molecule has 0 aliphatic rings. The maximum atomic E-state index is 10.6. The van der Waals surface area contributed by atoms with Gasteiger partial charge in [-0.25, -0.2) is 0 Å². The van der Waals surface area contributed by atoms with Crippen LogP contribution in [-0.2, 0) is 0 Å². The van der Waals surface area contributed by atoms with Crippen LogP contribution in [0.4, 0.5) is 0 Å². The van der Waals surface area contributed by atoms with Crippen LogP contribution in [0.5, 0.6) is 11.5 Å². The van der Waals surface area contributed by atoms with E-state index in [1.54, 1.807) is 48.5 Å². The molecule has 0 aliphatic carbocycles. The van der Waals surface area contributed by atoms with E-state index in [-0.39, 0.29) is 0 Å². The van der Waals surface area contributed by atoms with E-state index in [1.807, 2.05) is 0 Å². The zero-order chi connectivity index (χ0) is 13.5. The van der Waals surface area contributed by atoms with Gasteiger partial charge in [-0.05, 0) is 36.4 Å². The molecular weight excluding hydrogens is 264 g/mol. The van der Waals surface area contributed by atoms with Gasteiger partial charge in [0.25, 0.3) is 0 Å². The number of ether oxygens (including phenoxy) is 2. The fourth-order valence-electron chi connectivity index (χ4n) is 1.53. The lowest BCUT2D eigenvalue weighted by Crippen LogP contribution is -2.09. The molecule has 0 aliphatic heterocycles. The molecule has 0 saturated carbocycles. The van der Waals surface area contributed by atoms with Gasteiger partial charge in [-0.15, -0.1) is 0 Å². The molecule has 0 atom stereocenters. The third kappa shape index (κ3) is 4.30. The Morgan fingerprint density at radius 1 is 0.947 bits per heavy atom. The van der Waals surface area contributed by atoms with Crippen molar-refractivity contribution in [3.05, 3.63) is 59.1 Å². The van der Waals surface area contributed by atoms with Crippen molar-refractivity contribution in [1.82, 2.24) is 0 Å². The second kappa shape index (κ2) is 6.81. The van der Waals surface area contributed by atoms with Gasteiger partial charge in [-0.1, -0.05) is 23.7 Å². The van der Waals surface area contributed by atoms with Gasteiger partial charge < -0.3 is 9.47 Å². The van der Waals surface area contributed by atoms with Gasteiger partial charge in [0, 0.05) is 10.6 Å². The Kier molecular flexibility index (Phi) is 4.81. The lowest BCUT2D eigenvalue weighted by molar-refractivity contribution is 0.112. The van der Waals surface area contributed by atoms with E-state index in [4.69, 9.17) is 21.1 Å². The van der Waals surface area contributed by atoms with Gasteiger partial charge in [0.1, 0.15) is 31.0 Å². The summed E-state index contributed by atoms with van der Waals surface area (Å²) in [7, 11) is 0. The minimum Gasteiger partial charge on any atom is -0.490 e. The zero-order valence-corrected chi connectivity index (χ0v) is 11.0. The Hall–Kier alpha value is -2.00. The summed E-state index contributed by atoms with van der Waals surface area (Å²) in [5.41, 5.74) is 0.594. The summed E-state index contributed by atoms with van der Waals surface area (Å²) in [5, 5.41) is 0.675. The topological polar surface area (TPSA) is 35.5 Å². The minimum atomic E-state index is 0.408. The molecule has 0 fully saturated rings. The van der Waals surface area contributed by atoms with Crippen LogP contribution in [0.25, 0.3) is 0 Å². The molecule has 0 radical (unpaired) electrons. The van der Waals surface area contributed by atoms with Crippen LogP contribution in [0.15, 0.2) is 48.5 Å². The van der Waals surface area contributed by atoms with Crippen molar-refractivity contribution in [2.45, 2.75) is 0 Å². The maximum Gasteiger partial charge on any atom is 0.150 e. The number of halogens is 1. The van der Waals surface area contributed by atoms with E-state index in [0.717, 1.165) is 12.0 Å². The predicted molar refractivity (Wildman–Crippen MR) is 74.3 cm³/mol. The van der Waals surface area contributed by atoms with E-state index in [9.17, 15) is 4.79 Å². The summed E-state index contributed by atoms with van der Waals surface area (Å²) in [6.45, 7) is 0.831. The molecule has 2 aromatic rings. The van der Waals surface area contributed by atoms with Crippen molar-refractivity contribution >= 4 is 17.9 Å². The highest BCUT2D eigenvalue weighted by Gasteiger charge is 1.97. The lowest BCUT2D eigenvalue weighted by Gasteiger charge is -2.08. The number of benzene rings is 2. The van der Waals surface area contributed by atoms with Gasteiger partial charge in [0.05, 0.1) is 0 Å². The van der Waals surface area contributed by atoms with E-state index in [1.165, 1.54) is 0 Å². The molecule has 0 spiro atoms. The number of hydrogen-bond acceptors (Lipinski definition) is 3. The molecule has 3 nitrogen and oxygen atoms in total. The van der Waals surface area contributed by atoms with E-state index in [2.05, 4.69) is 0 Å². The average Bonchev–Trinajstić information content (AvgIpc) is 2.46. The predicted octanol–water partition coefficient (Wildman–Crippen LogP) is 3.61. The van der Waals surface area contributed by atoms with Crippen molar-refractivity contribution in [2.75, 3.05) is 13.2 Å². The highest BCUT2D eigenvalue weighted by molar-refractivity contribution is 6.30. The number of carbonyl (C=O) groups is 1. The largest absolute Gasteiger partial charge is 0.490 e. The number of carbonyl (C=O) groups excluding carboxylic acids is 1. The Labute approximate surface area is 116 Å². The van der Waals surface area contributed by atoms with Crippen LogP contribution in [0.1, 0.15) is 10.4 Å². The number of aldehydes is 1. The van der Waals surface area contributed by atoms with Crippen LogP contribution < -0.4 is 9.47 Å². The fraction of sp³-hybridized carbons (Fsp3) is 0.133. The SMILES string of the molecule is O=Cc1cccc(OCCOc2ccc(Cl)cc2)c1. The number of hydrogen-bond donors (Lipinski definition) is 0. The molecular formula is C15H13ClO3. The van der Waals surface area contributed by atoms with Gasteiger partial charge >= 0.3 is 0 Å². The van der Waals surface area contributed by atoms with Crippen LogP contribution in [-0.4, -0.2) is 19.5 Å². The first-order valence-corrected chi connectivity index (χ1v) is 6.22. The minimum absolute atomic E-state index is 0.408. The zero-order valence-electron chi connectivity index (χ0n) is 10.2. The first-order chi connectivity index (χ1) is 9.28. The summed E-state index contributed by atoms with van der Waals surface area (Å²) < 4.78 is 11.0. The molecule has 0 N–H and O–H groups in total. The Morgan fingerprint density at radius 3 is 2.32 bits per heavy atom. The summed E-state index contributed by atoms with van der Waals surface area (Å²) in [6, 6.07) is 14.1. The quantitative estimate of drug-likeness (QED) is 0.597. The van der Waals surface area contributed by atoms with Crippen molar-refractivity contribution in [2.24, 2.45) is 0 Å². The second-order valence-electron chi connectivity index (χ2n) is 3.84. The van der Waals surface area contributed by atoms with Crippen molar-refractivity contribution in [3.63, 3.8) is 0 Å². The fourth-order valence-corrected chi connectivity index (χ4v) is 1.65. The number of rotatable bonds is 6. The molecule has 0 amide bonds. The van der Waals surface area contributed by atoms with Crippen LogP contribution in [0, 0.1) is 0 Å². The van der Waals surface area contributed by atoms with Crippen molar-refractivity contribution < 1.29 is 14.3 Å². The average molecular weight is 277 g/mol. The summed E-state index contributed by atoms with van der Waals surface area (Å²) >= 11 is 5.77. The van der Waals surface area contributed by atoms with Gasteiger partial charge in [0.15, 0.2) is 0 Å². The van der Waals surface area contributed by atoms with Crippen LogP contribution >= 0.6 is 11.6 Å². The van der Waals surface area contributed by atoms with Gasteiger partial charge in [0.2, 0.25) is 0 Å². The molecule has 2 aromatic carbocycles. The van der Waals surface area contributed by atoms with Gasteiger partial charge in [-0.3, -0.25) is 4.79 Å². The summed E-state index contributed by atoms with van der Waals surface area (Å²) in [6.07, 6.45) is 0.789. The molecule has 4 heteroatoms. The normalized spacial score (nSPS) is 9.95. The molecule has 2 rings (SSSR count). The first-order valence-electron chi connectivity index (χ1n) is 5.84. The molecule has 98 valence electrons. The van der Waals surface area contributed by atoms with Crippen molar-refractivity contribution in [3.8, 4) is 11.5 Å². The molecule has 0 unspecified atom stereocenters. The molecule has 0 bridgehead atoms. The van der Waals surface area contributed by atoms with E-state index < -0.39 is 0 Å². The molecule has 0 saturated heterocycles. The molecule has 19 heavy (non-hydrogen) atoms. The Balaban J connectivity index is 1.77. The third-order valence-corrected chi connectivity index (χ3v) is 2.68. The maximum absolute atomic E-state index is 10.6. The van der Waals surface area contributed by atoms with Crippen LogP contribution in [0.2, 0.25) is 5.02 Å². The smallest absolute Gasteiger partial charge is 0.150 e. The van der Waals surface area contributed by atoms with E-state index >= 15 is 0 Å². The third-order valence-electron chi connectivity index (χ3n) is 2.43. The lowest BCUT2D eigenvalue weighted by atomic mass is 10.2. The van der Waals surface area contributed by atoms with E-state index in [0.29, 0.717) is 29.5 Å². The Bertz CT molecular complexity index is 537. The second-order valence-corrected chi connectivity index (χ2v) is 4.28. The molecule has 0 aromatic heterocycles. The highest BCUT2D eigenvalue weighted by atomic mass is 35.5. The van der Waals surface area contributed by atoms with Crippen LogP contribution in [0.3, 0.4) is 0 Å². The standard InChI is InChI=1S/C15H13ClO3/c16-13-4-6-14(7-5-13)18-8-9-19-15-3-1-2-12(10-15)11-17/h1-7,10-11H,8-9H2. The highest BCUT2D eigenvalue weighted by Crippen LogP contribution is 2.16. The van der Waals surface area contributed by atoms with Gasteiger partial charge in [-0.2, -0.15) is 0 Å².